The van der Waals surface area contributed by atoms with Crippen molar-refractivity contribution in [1.29, 1.82) is 0 Å². The molecular formula is C14H20N2OS. The molecule has 1 N–H and O–H groups in total. The summed E-state index contributed by atoms with van der Waals surface area (Å²) in [7, 11) is 0. The molecule has 1 aliphatic carbocycles. The van der Waals surface area contributed by atoms with Crippen molar-refractivity contribution >= 4 is 17.2 Å². The van der Waals surface area contributed by atoms with E-state index in [4.69, 9.17) is 0 Å². The van der Waals surface area contributed by atoms with Gasteiger partial charge in [-0.3, -0.25) is 4.79 Å². The zero-order valence-corrected chi connectivity index (χ0v) is 11.4. The third-order valence-electron chi connectivity index (χ3n) is 3.80. The lowest BCUT2D eigenvalue weighted by atomic mass is 10.2. The van der Waals surface area contributed by atoms with Crippen LogP contribution in [0.25, 0.3) is 0 Å². The van der Waals surface area contributed by atoms with Crippen molar-refractivity contribution in [2.45, 2.75) is 31.7 Å². The Balaban J connectivity index is 1.65. The smallest absolute Gasteiger partial charge is 0.263 e. The first kappa shape index (κ1) is 12.2. The topological polar surface area (TPSA) is 32.3 Å². The van der Waals surface area contributed by atoms with Crippen LogP contribution in [0.5, 0.6) is 0 Å². The lowest BCUT2D eigenvalue weighted by Gasteiger charge is -2.25. The van der Waals surface area contributed by atoms with Gasteiger partial charge in [-0.2, -0.15) is 0 Å². The number of hydrogen-bond donors (Lipinski definition) is 1. The van der Waals surface area contributed by atoms with Crippen molar-refractivity contribution < 1.29 is 4.79 Å². The summed E-state index contributed by atoms with van der Waals surface area (Å²) in [4.78, 5) is 15.4. The summed E-state index contributed by atoms with van der Waals surface area (Å²) in [5.41, 5.74) is 0. The molecule has 1 unspecified atom stereocenters. The van der Waals surface area contributed by atoms with Crippen LogP contribution in [0.3, 0.4) is 0 Å². The third kappa shape index (κ3) is 2.93. The minimum absolute atomic E-state index is 0.227. The van der Waals surface area contributed by atoms with Gasteiger partial charge in [-0.05, 0) is 49.6 Å². The summed E-state index contributed by atoms with van der Waals surface area (Å²) in [6.45, 7) is 2.94. The lowest BCUT2D eigenvalue weighted by Crippen LogP contribution is -2.41. The van der Waals surface area contributed by atoms with Crippen molar-refractivity contribution in [3.8, 4) is 0 Å². The Hall–Kier alpha value is -0.870. The SMILES string of the molecule is O=C(c1cccs1)N(CC1CC1)CC1CCCN1. The normalized spacial score (nSPS) is 23.2. The third-order valence-corrected chi connectivity index (χ3v) is 4.66. The molecule has 2 fully saturated rings. The molecule has 98 valence electrons. The Bertz CT molecular complexity index is 394. The number of rotatable bonds is 5. The highest BCUT2D eigenvalue weighted by Gasteiger charge is 2.29. The summed E-state index contributed by atoms with van der Waals surface area (Å²) in [5.74, 6) is 0.987. The number of amides is 1. The van der Waals surface area contributed by atoms with Gasteiger partial charge in [0.25, 0.3) is 5.91 Å². The first-order valence-corrected chi connectivity index (χ1v) is 7.77. The van der Waals surface area contributed by atoms with Crippen LogP contribution in [0.1, 0.15) is 35.4 Å². The van der Waals surface area contributed by atoms with E-state index in [9.17, 15) is 4.79 Å². The molecule has 1 aromatic heterocycles. The van der Waals surface area contributed by atoms with Gasteiger partial charge < -0.3 is 10.2 Å². The molecule has 1 aromatic rings. The molecule has 1 aliphatic heterocycles. The highest BCUT2D eigenvalue weighted by atomic mass is 32.1. The Morgan fingerprint density at radius 1 is 1.39 bits per heavy atom. The molecule has 0 bridgehead atoms. The quantitative estimate of drug-likeness (QED) is 0.885. The molecule has 2 aliphatic rings. The number of carbonyl (C=O) groups excluding carboxylic acids is 1. The maximum absolute atomic E-state index is 12.5. The predicted octanol–water partition coefficient (Wildman–Crippen LogP) is 2.35. The number of carbonyl (C=O) groups is 1. The molecule has 3 rings (SSSR count). The van der Waals surface area contributed by atoms with Crippen LogP contribution in [0.4, 0.5) is 0 Å². The second kappa shape index (κ2) is 5.41. The zero-order valence-electron chi connectivity index (χ0n) is 10.6. The van der Waals surface area contributed by atoms with Gasteiger partial charge in [0.2, 0.25) is 0 Å². The molecule has 2 heterocycles. The van der Waals surface area contributed by atoms with Crippen LogP contribution < -0.4 is 5.32 Å². The summed E-state index contributed by atoms with van der Waals surface area (Å²) in [6.07, 6.45) is 5.05. The van der Waals surface area contributed by atoms with Gasteiger partial charge in [-0.15, -0.1) is 11.3 Å². The monoisotopic (exact) mass is 264 g/mol. The Labute approximate surface area is 112 Å². The van der Waals surface area contributed by atoms with Gasteiger partial charge in [0.15, 0.2) is 0 Å². The number of nitrogens with zero attached hydrogens (tertiary/aromatic N) is 1. The van der Waals surface area contributed by atoms with E-state index < -0.39 is 0 Å². The fourth-order valence-electron chi connectivity index (χ4n) is 2.59. The van der Waals surface area contributed by atoms with E-state index in [0.29, 0.717) is 6.04 Å². The fraction of sp³-hybridized carbons (Fsp3) is 0.643. The molecule has 18 heavy (non-hydrogen) atoms. The van der Waals surface area contributed by atoms with E-state index >= 15 is 0 Å². The minimum Gasteiger partial charge on any atom is -0.336 e. The van der Waals surface area contributed by atoms with Gasteiger partial charge in [0.1, 0.15) is 0 Å². The van der Waals surface area contributed by atoms with E-state index in [1.54, 1.807) is 11.3 Å². The average Bonchev–Trinajstić information content (AvgIpc) is 2.88. The number of thiophene rings is 1. The predicted molar refractivity (Wildman–Crippen MR) is 74.0 cm³/mol. The molecule has 0 aromatic carbocycles. The highest BCUT2D eigenvalue weighted by Crippen LogP contribution is 2.30. The van der Waals surface area contributed by atoms with Crippen LogP contribution >= 0.6 is 11.3 Å². The Morgan fingerprint density at radius 3 is 2.89 bits per heavy atom. The molecule has 0 radical (unpaired) electrons. The Kier molecular flexibility index (Phi) is 3.66. The van der Waals surface area contributed by atoms with Gasteiger partial charge in [-0.25, -0.2) is 0 Å². The molecule has 1 saturated heterocycles. The summed E-state index contributed by atoms with van der Waals surface area (Å²) in [5, 5.41) is 5.47. The van der Waals surface area contributed by atoms with Crippen molar-refractivity contribution in [3.05, 3.63) is 22.4 Å². The van der Waals surface area contributed by atoms with Crippen LogP contribution in [0.15, 0.2) is 17.5 Å². The largest absolute Gasteiger partial charge is 0.336 e. The highest BCUT2D eigenvalue weighted by molar-refractivity contribution is 7.12. The molecule has 4 heteroatoms. The molecule has 1 atom stereocenters. The second-order valence-electron chi connectivity index (χ2n) is 5.42. The number of nitrogens with one attached hydrogen (secondary N) is 1. The molecule has 1 amide bonds. The maximum atomic E-state index is 12.5. The second-order valence-corrected chi connectivity index (χ2v) is 6.37. The first-order chi connectivity index (χ1) is 8.83. The van der Waals surface area contributed by atoms with Crippen LogP contribution in [-0.2, 0) is 0 Å². The zero-order chi connectivity index (χ0) is 12.4. The van der Waals surface area contributed by atoms with Gasteiger partial charge in [0, 0.05) is 19.1 Å². The average molecular weight is 264 g/mol. The van der Waals surface area contributed by atoms with Gasteiger partial charge in [0.05, 0.1) is 4.88 Å². The summed E-state index contributed by atoms with van der Waals surface area (Å²) in [6, 6.07) is 4.41. The molecule has 1 saturated carbocycles. The van der Waals surface area contributed by atoms with E-state index in [-0.39, 0.29) is 5.91 Å². The van der Waals surface area contributed by atoms with E-state index in [2.05, 4.69) is 10.2 Å². The molecule has 3 nitrogen and oxygen atoms in total. The van der Waals surface area contributed by atoms with E-state index in [1.165, 1.54) is 25.7 Å². The lowest BCUT2D eigenvalue weighted by molar-refractivity contribution is 0.0738. The van der Waals surface area contributed by atoms with E-state index in [0.717, 1.165) is 30.4 Å². The molecule has 0 spiro atoms. The summed E-state index contributed by atoms with van der Waals surface area (Å²) >= 11 is 1.55. The maximum Gasteiger partial charge on any atom is 0.263 e. The van der Waals surface area contributed by atoms with Crippen LogP contribution in [-0.4, -0.2) is 36.5 Å². The van der Waals surface area contributed by atoms with E-state index in [1.807, 2.05) is 17.5 Å². The number of hydrogen-bond acceptors (Lipinski definition) is 3. The minimum atomic E-state index is 0.227. The Morgan fingerprint density at radius 2 is 2.28 bits per heavy atom. The fourth-order valence-corrected chi connectivity index (χ4v) is 3.28. The van der Waals surface area contributed by atoms with Gasteiger partial charge >= 0.3 is 0 Å². The van der Waals surface area contributed by atoms with Crippen LogP contribution in [0.2, 0.25) is 0 Å². The van der Waals surface area contributed by atoms with Crippen LogP contribution in [0, 0.1) is 5.92 Å². The molecular weight excluding hydrogens is 244 g/mol. The van der Waals surface area contributed by atoms with Crippen molar-refractivity contribution in [2.75, 3.05) is 19.6 Å². The first-order valence-electron chi connectivity index (χ1n) is 6.89. The van der Waals surface area contributed by atoms with Crippen molar-refractivity contribution in [1.82, 2.24) is 10.2 Å². The van der Waals surface area contributed by atoms with Gasteiger partial charge in [-0.1, -0.05) is 6.07 Å². The summed E-state index contributed by atoms with van der Waals surface area (Å²) < 4.78 is 0. The van der Waals surface area contributed by atoms with Crippen molar-refractivity contribution in [3.63, 3.8) is 0 Å². The van der Waals surface area contributed by atoms with Crippen molar-refractivity contribution in [2.24, 2.45) is 5.92 Å². The standard InChI is InChI=1S/C14H20N2OS/c17-14(13-4-2-8-18-13)16(9-11-5-6-11)10-12-3-1-7-15-12/h2,4,8,11-12,15H,1,3,5-7,9-10H2.